The van der Waals surface area contributed by atoms with Crippen molar-refractivity contribution in [1.82, 2.24) is 4.90 Å². The van der Waals surface area contributed by atoms with Crippen LogP contribution in [0.3, 0.4) is 0 Å². The maximum absolute atomic E-state index is 13.1. The zero-order valence-electron chi connectivity index (χ0n) is 16.6. The fourth-order valence-electron chi connectivity index (χ4n) is 3.36. The molecule has 2 amide bonds. The summed E-state index contributed by atoms with van der Waals surface area (Å²) in [5.41, 5.74) is 3.51. The van der Waals surface area contributed by atoms with E-state index < -0.39 is 6.10 Å². The van der Waals surface area contributed by atoms with E-state index >= 15 is 0 Å². The van der Waals surface area contributed by atoms with Gasteiger partial charge in [0.15, 0.2) is 0 Å². The standard InChI is InChI=1S/C23H28N2O3/c1-3-13-25(16-18-11-9-17(2)10-12-18)23(27)19-6-4-7-20(15-19)24-22(26)21-8-5-14-28-21/h4,6-7,9-12,15,21H,3,5,8,13-14,16H2,1-2H3,(H,24,26)/t21-/m1/s1. The highest BCUT2D eigenvalue weighted by atomic mass is 16.5. The Morgan fingerprint density at radius 1 is 1.18 bits per heavy atom. The number of rotatable bonds is 7. The molecule has 0 spiro atoms. The average molecular weight is 380 g/mol. The minimum absolute atomic E-state index is 0.0318. The summed E-state index contributed by atoms with van der Waals surface area (Å²) in [5.74, 6) is -0.178. The van der Waals surface area contributed by atoms with Crippen molar-refractivity contribution in [2.75, 3.05) is 18.5 Å². The molecule has 3 rings (SSSR count). The van der Waals surface area contributed by atoms with Crippen LogP contribution in [-0.2, 0) is 16.1 Å². The second-order valence-electron chi connectivity index (χ2n) is 7.28. The van der Waals surface area contributed by atoms with Crippen molar-refractivity contribution in [1.29, 1.82) is 0 Å². The molecular weight excluding hydrogens is 352 g/mol. The summed E-state index contributed by atoms with van der Waals surface area (Å²) >= 11 is 0. The van der Waals surface area contributed by atoms with E-state index in [4.69, 9.17) is 4.74 Å². The van der Waals surface area contributed by atoms with Crippen molar-refractivity contribution in [2.45, 2.75) is 45.8 Å². The summed E-state index contributed by atoms with van der Waals surface area (Å²) in [7, 11) is 0. The highest BCUT2D eigenvalue weighted by Gasteiger charge is 2.24. The molecule has 1 N–H and O–H groups in total. The third-order valence-corrected chi connectivity index (χ3v) is 4.87. The molecule has 2 aromatic carbocycles. The number of nitrogens with zero attached hydrogens (tertiary/aromatic N) is 1. The van der Waals surface area contributed by atoms with Crippen LogP contribution in [0.25, 0.3) is 0 Å². The maximum atomic E-state index is 13.1. The van der Waals surface area contributed by atoms with Gasteiger partial charge < -0.3 is 15.0 Å². The minimum atomic E-state index is -0.391. The Balaban J connectivity index is 1.71. The second kappa shape index (κ2) is 9.51. The molecule has 5 heteroatoms. The Morgan fingerprint density at radius 2 is 1.96 bits per heavy atom. The molecule has 1 atom stereocenters. The van der Waals surface area contributed by atoms with Gasteiger partial charge in [-0.2, -0.15) is 0 Å². The van der Waals surface area contributed by atoms with Gasteiger partial charge in [-0.1, -0.05) is 42.8 Å². The predicted molar refractivity (Wildman–Crippen MR) is 110 cm³/mol. The topological polar surface area (TPSA) is 58.6 Å². The molecule has 0 aliphatic carbocycles. The van der Waals surface area contributed by atoms with Gasteiger partial charge in [0.2, 0.25) is 0 Å². The van der Waals surface area contributed by atoms with Crippen LogP contribution in [0.4, 0.5) is 5.69 Å². The lowest BCUT2D eigenvalue weighted by Gasteiger charge is -2.23. The van der Waals surface area contributed by atoms with Crippen LogP contribution in [0.5, 0.6) is 0 Å². The molecule has 2 aromatic rings. The van der Waals surface area contributed by atoms with Gasteiger partial charge in [0, 0.05) is 30.9 Å². The third kappa shape index (κ3) is 5.20. The fraction of sp³-hybridized carbons (Fsp3) is 0.391. The van der Waals surface area contributed by atoms with Crippen LogP contribution in [0, 0.1) is 6.92 Å². The quantitative estimate of drug-likeness (QED) is 0.784. The van der Waals surface area contributed by atoms with Gasteiger partial charge in [0.25, 0.3) is 11.8 Å². The fourth-order valence-corrected chi connectivity index (χ4v) is 3.36. The van der Waals surface area contributed by atoms with Gasteiger partial charge in [-0.3, -0.25) is 9.59 Å². The van der Waals surface area contributed by atoms with E-state index in [1.807, 2.05) is 4.90 Å². The largest absolute Gasteiger partial charge is 0.368 e. The van der Waals surface area contributed by atoms with E-state index in [0.29, 0.717) is 30.9 Å². The number of benzene rings is 2. The molecule has 0 bridgehead atoms. The molecule has 0 radical (unpaired) electrons. The lowest BCUT2D eigenvalue weighted by Crippen LogP contribution is -2.31. The molecule has 1 aliphatic heterocycles. The Hall–Kier alpha value is -2.66. The molecule has 1 aliphatic rings. The summed E-state index contributed by atoms with van der Waals surface area (Å²) in [6, 6.07) is 15.4. The summed E-state index contributed by atoms with van der Waals surface area (Å²) in [6.07, 6.45) is 2.14. The Labute approximate surface area is 166 Å². The number of hydrogen-bond donors (Lipinski definition) is 1. The number of nitrogens with one attached hydrogen (secondary N) is 1. The van der Waals surface area contributed by atoms with Crippen LogP contribution in [0.1, 0.15) is 47.7 Å². The van der Waals surface area contributed by atoms with E-state index in [1.54, 1.807) is 24.3 Å². The van der Waals surface area contributed by atoms with Crippen molar-refractivity contribution < 1.29 is 14.3 Å². The van der Waals surface area contributed by atoms with E-state index in [9.17, 15) is 9.59 Å². The molecule has 5 nitrogen and oxygen atoms in total. The number of amides is 2. The summed E-state index contributed by atoms with van der Waals surface area (Å²) in [4.78, 5) is 27.2. The maximum Gasteiger partial charge on any atom is 0.254 e. The van der Waals surface area contributed by atoms with Gasteiger partial charge in [0.05, 0.1) is 0 Å². The highest BCUT2D eigenvalue weighted by Crippen LogP contribution is 2.18. The third-order valence-electron chi connectivity index (χ3n) is 4.87. The van der Waals surface area contributed by atoms with Crippen LogP contribution in [0.15, 0.2) is 48.5 Å². The molecule has 0 unspecified atom stereocenters. The molecule has 148 valence electrons. The molecule has 28 heavy (non-hydrogen) atoms. The van der Waals surface area contributed by atoms with Crippen LogP contribution >= 0.6 is 0 Å². The number of carbonyl (C=O) groups is 2. The second-order valence-corrected chi connectivity index (χ2v) is 7.28. The van der Waals surface area contributed by atoms with Gasteiger partial charge >= 0.3 is 0 Å². The van der Waals surface area contributed by atoms with Crippen molar-refractivity contribution in [2.24, 2.45) is 0 Å². The van der Waals surface area contributed by atoms with E-state index in [0.717, 1.165) is 24.8 Å². The lowest BCUT2D eigenvalue weighted by atomic mass is 10.1. The Bertz CT molecular complexity index is 811. The molecule has 0 saturated carbocycles. The first-order chi connectivity index (χ1) is 13.6. The monoisotopic (exact) mass is 380 g/mol. The summed E-state index contributed by atoms with van der Waals surface area (Å²) in [6.45, 7) is 5.99. The van der Waals surface area contributed by atoms with Crippen molar-refractivity contribution >= 4 is 17.5 Å². The van der Waals surface area contributed by atoms with Crippen molar-refractivity contribution in [3.63, 3.8) is 0 Å². The smallest absolute Gasteiger partial charge is 0.254 e. The normalized spacial score (nSPS) is 16.0. The van der Waals surface area contributed by atoms with Crippen molar-refractivity contribution in [3.05, 3.63) is 65.2 Å². The van der Waals surface area contributed by atoms with E-state index in [-0.39, 0.29) is 11.8 Å². The van der Waals surface area contributed by atoms with E-state index in [2.05, 4.69) is 43.4 Å². The van der Waals surface area contributed by atoms with Crippen LogP contribution in [-0.4, -0.2) is 36.0 Å². The van der Waals surface area contributed by atoms with E-state index in [1.165, 1.54) is 5.56 Å². The number of carbonyl (C=O) groups excluding carboxylic acids is 2. The zero-order chi connectivity index (χ0) is 19.9. The highest BCUT2D eigenvalue weighted by molar-refractivity contribution is 5.98. The molecule has 0 aromatic heterocycles. The number of aryl methyl sites for hydroxylation is 1. The number of hydrogen-bond acceptors (Lipinski definition) is 3. The first kappa shape index (κ1) is 20.1. The predicted octanol–water partition coefficient (Wildman–Crippen LogP) is 4.16. The average Bonchev–Trinajstić information content (AvgIpc) is 3.24. The Morgan fingerprint density at radius 3 is 2.64 bits per heavy atom. The first-order valence-electron chi connectivity index (χ1n) is 9.94. The first-order valence-corrected chi connectivity index (χ1v) is 9.94. The lowest BCUT2D eigenvalue weighted by molar-refractivity contribution is -0.124. The Kier molecular flexibility index (Phi) is 6.82. The van der Waals surface area contributed by atoms with Gasteiger partial charge in [0.1, 0.15) is 6.10 Å². The molecule has 1 heterocycles. The zero-order valence-corrected chi connectivity index (χ0v) is 16.6. The van der Waals surface area contributed by atoms with Gasteiger partial charge in [-0.15, -0.1) is 0 Å². The minimum Gasteiger partial charge on any atom is -0.368 e. The van der Waals surface area contributed by atoms with Gasteiger partial charge in [-0.25, -0.2) is 0 Å². The molecular formula is C23H28N2O3. The van der Waals surface area contributed by atoms with Crippen LogP contribution < -0.4 is 5.32 Å². The summed E-state index contributed by atoms with van der Waals surface area (Å²) in [5, 5.41) is 2.87. The molecule has 1 fully saturated rings. The van der Waals surface area contributed by atoms with Crippen LogP contribution in [0.2, 0.25) is 0 Å². The van der Waals surface area contributed by atoms with Crippen molar-refractivity contribution in [3.8, 4) is 0 Å². The molecule has 1 saturated heterocycles. The van der Waals surface area contributed by atoms with Gasteiger partial charge in [-0.05, 0) is 49.9 Å². The number of ether oxygens (including phenoxy) is 1. The summed E-state index contributed by atoms with van der Waals surface area (Å²) < 4.78 is 5.42. The number of anilines is 1. The SMILES string of the molecule is CCCN(Cc1ccc(C)cc1)C(=O)c1cccc(NC(=O)[C@H]2CCCO2)c1.